The van der Waals surface area contributed by atoms with Crippen LogP contribution >= 0.6 is 0 Å². The maximum absolute atomic E-state index is 11.5. The molecule has 0 aromatic heterocycles. The van der Waals surface area contributed by atoms with Gasteiger partial charge in [0.2, 0.25) is 0 Å². The number of nitrogens with zero attached hydrogens (tertiary/aromatic N) is 1. The molecule has 2 rings (SSSR count). The van der Waals surface area contributed by atoms with Crippen molar-refractivity contribution in [2.45, 2.75) is 36.7 Å². The van der Waals surface area contributed by atoms with Crippen molar-refractivity contribution in [3.8, 4) is 0 Å². The Morgan fingerprint density at radius 3 is 2.64 bits per heavy atom. The number of piperidine rings is 1. The van der Waals surface area contributed by atoms with Crippen molar-refractivity contribution in [2.24, 2.45) is 0 Å². The summed E-state index contributed by atoms with van der Waals surface area (Å²) in [4.78, 5) is 2.78. The zero-order chi connectivity index (χ0) is 16.2. The fourth-order valence-electron chi connectivity index (χ4n) is 3.00. The molecule has 0 spiro atoms. The summed E-state index contributed by atoms with van der Waals surface area (Å²) in [6.07, 6.45) is 3.50. The largest absolute Gasteiger partial charge is 0.395 e. The van der Waals surface area contributed by atoms with E-state index in [-0.39, 0.29) is 12.6 Å². The summed E-state index contributed by atoms with van der Waals surface area (Å²) < 4.78 is 23.0. The maximum Gasteiger partial charge on any atom is 0.175 e. The molecule has 0 amide bonds. The molecule has 1 fully saturated rings. The van der Waals surface area contributed by atoms with E-state index in [0.29, 0.717) is 17.5 Å². The van der Waals surface area contributed by atoms with Crippen LogP contribution in [0.3, 0.4) is 0 Å². The second-order valence-electron chi connectivity index (χ2n) is 6.03. The molecule has 1 heterocycles. The van der Waals surface area contributed by atoms with Gasteiger partial charge in [-0.05, 0) is 44.0 Å². The Morgan fingerprint density at radius 1 is 1.36 bits per heavy atom. The molecule has 0 bridgehead atoms. The molecular formula is C16H26N2O3S. The van der Waals surface area contributed by atoms with Gasteiger partial charge in [-0.2, -0.15) is 0 Å². The predicted octanol–water partition coefficient (Wildman–Crippen LogP) is 1.20. The number of benzene rings is 1. The fourth-order valence-corrected chi connectivity index (χ4v) is 3.63. The highest BCUT2D eigenvalue weighted by atomic mass is 32.2. The zero-order valence-corrected chi connectivity index (χ0v) is 14.1. The lowest BCUT2D eigenvalue weighted by atomic mass is 10.0. The lowest BCUT2D eigenvalue weighted by Crippen LogP contribution is -2.47. The van der Waals surface area contributed by atoms with E-state index in [9.17, 15) is 8.42 Å². The monoisotopic (exact) mass is 326 g/mol. The van der Waals surface area contributed by atoms with Crippen LogP contribution in [0.15, 0.2) is 29.2 Å². The Bertz CT molecular complexity index is 572. The number of hydrogen-bond acceptors (Lipinski definition) is 5. The maximum atomic E-state index is 11.5. The van der Waals surface area contributed by atoms with Crippen molar-refractivity contribution in [1.82, 2.24) is 10.2 Å². The van der Waals surface area contributed by atoms with E-state index in [1.807, 2.05) is 12.1 Å². The molecule has 6 heteroatoms. The van der Waals surface area contributed by atoms with Crippen LogP contribution in [0.25, 0.3) is 0 Å². The van der Waals surface area contributed by atoms with Crippen LogP contribution in [0.2, 0.25) is 0 Å². The van der Waals surface area contributed by atoms with E-state index in [0.717, 1.165) is 31.5 Å². The Morgan fingerprint density at radius 2 is 2.05 bits per heavy atom. The van der Waals surface area contributed by atoms with Gasteiger partial charge < -0.3 is 10.4 Å². The van der Waals surface area contributed by atoms with Gasteiger partial charge in [0.15, 0.2) is 9.84 Å². The molecule has 1 saturated heterocycles. The minimum atomic E-state index is -3.14. The summed E-state index contributed by atoms with van der Waals surface area (Å²) in [7, 11) is -3.14. The van der Waals surface area contributed by atoms with E-state index < -0.39 is 9.84 Å². The summed E-state index contributed by atoms with van der Waals surface area (Å²) in [5.74, 6) is 0. The molecule has 124 valence electrons. The molecule has 0 aliphatic carbocycles. The fraction of sp³-hybridized carbons (Fsp3) is 0.625. The lowest BCUT2D eigenvalue weighted by molar-refractivity contribution is 0.142. The van der Waals surface area contributed by atoms with Crippen molar-refractivity contribution < 1.29 is 13.5 Å². The predicted molar refractivity (Wildman–Crippen MR) is 87.7 cm³/mol. The first-order valence-electron chi connectivity index (χ1n) is 7.80. The minimum absolute atomic E-state index is 0.166. The van der Waals surface area contributed by atoms with E-state index in [1.165, 1.54) is 6.26 Å². The van der Waals surface area contributed by atoms with Gasteiger partial charge in [0.25, 0.3) is 0 Å². The number of sulfone groups is 1. The quantitative estimate of drug-likeness (QED) is 0.822. The smallest absolute Gasteiger partial charge is 0.175 e. The molecular weight excluding hydrogens is 300 g/mol. The number of aliphatic hydroxyl groups is 1. The van der Waals surface area contributed by atoms with Crippen molar-refractivity contribution in [2.75, 3.05) is 32.5 Å². The molecule has 1 aliphatic heterocycles. The van der Waals surface area contributed by atoms with Crippen LogP contribution in [0.5, 0.6) is 0 Å². The van der Waals surface area contributed by atoms with Crippen molar-refractivity contribution in [3.63, 3.8) is 0 Å². The van der Waals surface area contributed by atoms with E-state index in [2.05, 4.69) is 17.1 Å². The van der Waals surface area contributed by atoms with Crippen LogP contribution in [0, 0.1) is 0 Å². The number of nitrogens with one attached hydrogen (secondary N) is 1. The summed E-state index contributed by atoms with van der Waals surface area (Å²) in [6, 6.07) is 7.86. The molecule has 1 aliphatic rings. The molecule has 1 aromatic rings. The average molecular weight is 326 g/mol. The Balaban J connectivity index is 2.02. The van der Waals surface area contributed by atoms with Crippen molar-refractivity contribution in [3.05, 3.63) is 29.8 Å². The van der Waals surface area contributed by atoms with Crippen molar-refractivity contribution in [1.29, 1.82) is 0 Å². The Hall–Kier alpha value is -0.950. The standard InChI is InChI=1S/C16H26N2O3S/c1-13(14-5-7-16(8-6-14)22(2,20)21)18-10-3-4-15(12-18)17-9-11-19/h5-8,13,15,17,19H,3-4,9-12H2,1-2H3. The Labute approximate surface area is 133 Å². The lowest BCUT2D eigenvalue weighted by Gasteiger charge is -2.37. The van der Waals surface area contributed by atoms with Gasteiger partial charge in [-0.15, -0.1) is 0 Å². The van der Waals surface area contributed by atoms with E-state index in [4.69, 9.17) is 5.11 Å². The molecule has 22 heavy (non-hydrogen) atoms. The number of likely N-dealkylation sites (tertiary alicyclic amines) is 1. The van der Waals surface area contributed by atoms with E-state index in [1.54, 1.807) is 12.1 Å². The van der Waals surface area contributed by atoms with Crippen molar-refractivity contribution >= 4 is 9.84 Å². The summed E-state index contributed by atoms with van der Waals surface area (Å²) in [5.41, 5.74) is 1.13. The van der Waals surface area contributed by atoms with Crippen LogP contribution in [0.1, 0.15) is 31.4 Å². The van der Waals surface area contributed by atoms with Crippen LogP contribution < -0.4 is 5.32 Å². The van der Waals surface area contributed by atoms with Gasteiger partial charge >= 0.3 is 0 Å². The zero-order valence-electron chi connectivity index (χ0n) is 13.3. The highest BCUT2D eigenvalue weighted by molar-refractivity contribution is 7.90. The van der Waals surface area contributed by atoms with Gasteiger partial charge in [0.05, 0.1) is 11.5 Å². The third-order valence-electron chi connectivity index (χ3n) is 4.34. The first-order chi connectivity index (χ1) is 10.4. The highest BCUT2D eigenvalue weighted by Gasteiger charge is 2.24. The number of aliphatic hydroxyl groups excluding tert-OH is 1. The van der Waals surface area contributed by atoms with Gasteiger partial charge in [-0.3, -0.25) is 4.90 Å². The molecule has 0 radical (unpaired) electrons. The summed E-state index contributed by atoms with van der Waals surface area (Å²) in [5, 5.41) is 12.3. The molecule has 2 unspecified atom stereocenters. The molecule has 2 N–H and O–H groups in total. The number of hydrogen-bond donors (Lipinski definition) is 2. The molecule has 0 saturated carbocycles. The van der Waals surface area contributed by atoms with Gasteiger partial charge in [0.1, 0.15) is 0 Å². The second kappa shape index (κ2) is 7.55. The van der Waals surface area contributed by atoms with Crippen LogP contribution in [0.4, 0.5) is 0 Å². The van der Waals surface area contributed by atoms with Crippen LogP contribution in [-0.2, 0) is 9.84 Å². The first-order valence-corrected chi connectivity index (χ1v) is 9.69. The Kier molecular flexibility index (Phi) is 5.97. The first kappa shape index (κ1) is 17.4. The van der Waals surface area contributed by atoms with Gasteiger partial charge in [-0.25, -0.2) is 8.42 Å². The highest BCUT2D eigenvalue weighted by Crippen LogP contribution is 2.25. The SMILES string of the molecule is CC(c1ccc(S(C)(=O)=O)cc1)N1CCCC(NCCO)C1. The third-order valence-corrected chi connectivity index (χ3v) is 5.46. The average Bonchev–Trinajstić information content (AvgIpc) is 2.52. The third kappa shape index (κ3) is 4.52. The van der Waals surface area contributed by atoms with Crippen LogP contribution in [-0.4, -0.2) is 57.0 Å². The van der Waals surface area contributed by atoms with Gasteiger partial charge in [0, 0.05) is 31.4 Å². The minimum Gasteiger partial charge on any atom is -0.395 e. The summed E-state index contributed by atoms with van der Waals surface area (Å²) >= 11 is 0. The topological polar surface area (TPSA) is 69.6 Å². The second-order valence-corrected chi connectivity index (χ2v) is 8.04. The molecule has 1 aromatic carbocycles. The van der Waals surface area contributed by atoms with E-state index >= 15 is 0 Å². The number of rotatable bonds is 6. The normalized spacial score (nSPS) is 21.7. The van der Waals surface area contributed by atoms with Gasteiger partial charge in [-0.1, -0.05) is 12.1 Å². The molecule has 5 nitrogen and oxygen atoms in total. The molecule has 2 atom stereocenters. The summed E-state index contributed by atoms with van der Waals surface area (Å²) in [6.45, 7) is 4.96.